The van der Waals surface area contributed by atoms with Crippen molar-refractivity contribution in [2.24, 2.45) is 4.99 Å². The van der Waals surface area contributed by atoms with E-state index in [1.807, 2.05) is 24.3 Å². The summed E-state index contributed by atoms with van der Waals surface area (Å²) in [5.74, 6) is 0.0898. The lowest BCUT2D eigenvalue weighted by molar-refractivity contribution is -0.787. The molecule has 1 fully saturated rings. The highest BCUT2D eigenvalue weighted by molar-refractivity contribution is 6.59. The number of aliphatic imine (C=N–C) groups is 1. The summed E-state index contributed by atoms with van der Waals surface area (Å²) in [6.07, 6.45) is 2.00. The molecule has 0 bridgehead atoms. The van der Waals surface area contributed by atoms with Crippen molar-refractivity contribution in [3.8, 4) is 0 Å². The molecule has 0 radical (unpaired) electrons. The van der Waals surface area contributed by atoms with Crippen LogP contribution in [0, 0.1) is 0 Å². The van der Waals surface area contributed by atoms with E-state index in [4.69, 9.17) is 4.99 Å². The fourth-order valence-corrected chi connectivity index (χ4v) is 4.84. The maximum absolute atomic E-state index is 12.9. The zero-order chi connectivity index (χ0) is 17.1. The van der Waals surface area contributed by atoms with E-state index in [1.54, 1.807) is 0 Å². The third-order valence-electron chi connectivity index (χ3n) is 5.24. The summed E-state index contributed by atoms with van der Waals surface area (Å²) in [5, 5.41) is 4.65. The zero-order valence-corrected chi connectivity index (χ0v) is 14.9. The van der Waals surface area contributed by atoms with Crippen molar-refractivity contribution in [3.05, 3.63) is 47.5 Å². The monoisotopic (exact) mass is 321 g/mol. The quantitative estimate of drug-likeness (QED) is 0.862. The van der Waals surface area contributed by atoms with Crippen LogP contribution in [0.15, 0.2) is 41.4 Å². The van der Waals surface area contributed by atoms with Crippen molar-refractivity contribution in [2.45, 2.75) is 57.7 Å². The summed E-state index contributed by atoms with van der Waals surface area (Å²) in [5.41, 5.74) is 2.79. The van der Waals surface area contributed by atoms with Gasteiger partial charge in [-0.25, -0.2) is 0 Å². The van der Waals surface area contributed by atoms with Crippen LogP contribution in [0.5, 0.6) is 0 Å². The molecule has 1 aliphatic heterocycles. The average Bonchev–Trinajstić information content (AvgIpc) is 2.72. The molecule has 1 heterocycles. The number of ketones is 1. The van der Waals surface area contributed by atoms with Gasteiger partial charge in [0.2, 0.25) is 5.78 Å². The molecule has 2 N–H and O–H groups in total. The number of carbonyl (C=O) groups excluding carboxylic acids is 1. The number of rotatable bonds is 1. The summed E-state index contributed by atoms with van der Waals surface area (Å²) in [6, 6.07) is 12.3. The Morgan fingerprint density at radius 2 is 1.54 bits per heavy atom. The minimum Gasteiger partial charge on any atom is -0.337 e. The number of quaternary nitrogens is 1. The molecule has 0 aromatic heterocycles. The maximum Gasteiger partial charge on any atom is 0.212 e. The number of Topliss-reactive ketones (excluding diaryl/α,β-unsaturated/α-hetero) is 1. The highest BCUT2D eigenvalue weighted by Crippen LogP contribution is 2.33. The number of hydrogen-bond donors (Lipinski definition) is 1. The minimum absolute atomic E-state index is 0.0898. The molecule has 0 atom stereocenters. The van der Waals surface area contributed by atoms with Gasteiger partial charge < -0.3 is 5.32 Å². The Kier molecular flexibility index (Phi) is 3.23. The maximum atomic E-state index is 12.9. The van der Waals surface area contributed by atoms with Crippen molar-refractivity contribution in [2.75, 3.05) is 0 Å². The van der Waals surface area contributed by atoms with E-state index in [0.717, 1.165) is 34.7 Å². The van der Waals surface area contributed by atoms with Crippen LogP contribution >= 0.6 is 0 Å². The summed E-state index contributed by atoms with van der Waals surface area (Å²) in [7, 11) is 0. The normalized spacial score (nSPS) is 24.0. The molecule has 0 amide bonds. The van der Waals surface area contributed by atoms with E-state index in [-0.39, 0.29) is 22.9 Å². The molecule has 2 aliphatic rings. The van der Waals surface area contributed by atoms with Gasteiger partial charge >= 0.3 is 0 Å². The molecule has 1 aliphatic carbocycles. The molecule has 3 nitrogen and oxygen atoms in total. The Hall–Kier alpha value is -2.00. The molecule has 24 heavy (non-hydrogen) atoms. The molecule has 0 unspecified atom stereocenters. The highest BCUT2D eigenvalue weighted by atomic mass is 16.1. The van der Waals surface area contributed by atoms with Gasteiger partial charge in [0.1, 0.15) is 5.71 Å². The van der Waals surface area contributed by atoms with E-state index in [2.05, 4.69) is 45.1 Å². The van der Waals surface area contributed by atoms with Gasteiger partial charge in [0, 0.05) is 29.4 Å². The Morgan fingerprint density at radius 1 is 0.958 bits per heavy atom. The van der Waals surface area contributed by atoms with Crippen molar-refractivity contribution in [1.82, 2.24) is 0 Å². The van der Waals surface area contributed by atoms with Gasteiger partial charge in [-0.3, -0.25) is 9.79 Å². The highest BCUT2D eigenvalue weighted by Gasteiger charge is 2.42. The van der Waals surface area contributed by atoms with Crippen LogP contribution in [0.4, 0.5) is 0 Å². The first-order chi connectivity index (χ1) is 11.3. The molecule has 124 valence electrons. The smallest absolute Gasteiger partial charge is 0.212 e. The van der Waals surface area contributed by atoms with Gasteiger partial charge in [-0.15, -0.1) is 0 Å². The van der Waals surface area contributed by atoms with Gasteiger partial charge in [0.25, 0.3) is 0 Å². The number of piperidine rings is 1. The van der Waals surface area contributed by atoms with E-state index < -0.39 is 0 Å². The summed E-state index contributed by atoms with van der Waals surface area (Å²) < 4.78 is 0. The van der Waals surface area contributed by atoms with Gasteiger partial charge in [-0.05, 0) is 33.1 Å². The predicted molar refractivity (Wildman–Crippen MR) is 97.9 cm³/mol. The van der Waals surface area contributed by atoms with Crippen molar-refractivity contribution < 1.29 is 10.1 Å². The second kappa shape index (κ2) is 5.00. The Morgan fingerprint density at radius 3 is 2.17 bits per heavy atom. The fourth-order valence-electron chi connectivity index (χ4n) is 4.84. The third-order valence-corrected chi connectivity index (χ3v) is 5.24. The van der Waals surface area contributed by atoms with E-state index in [0.29, 0.717) is 5.71 Å². The lowest BCUT2D eigenvalue weighted by atomic mass is 9.80. The van der Waals surface area contributed by atoms with Crippen LogP contribution in [-0.2, 0) is 0 Å². The lowest BCUT2D eigenvalue weighted by Gasteiger charge is -2.41. The first-order valence-electron chi connectivity index (χ1n) is 8.77. The Bertz CT molecular complexity index is 855. The number of carbonyl (C=O) groups is 1. The topological polar surface area (TPSA) is 46.0 Å². The number of nitrogens with zero attached hydrogens (tertiary/aromatic N) is 1. The number of benzene rings is 2. The van der Waals surface area contributed by atoms with Gasteiger partial charge in [0.05, 0.1) is 17.1 Å². The van der Waals surface area contributed by atoms with Crippen molar-refractivity contribution in [3.63, 3.8) is 0 Å². The summed E-state index contributed by atoms with van der Waals surface area (Å²) in [4.78, 5) is 17.9. The molecule has 2 aromatic rings. The Labute approximate surface area is 143 Å². The van der Waals surface area contributed by atoms with Crippen LogP contribution in [-0.4, -0.2) is 28.6 Å². The van der Waals surface area contributed by atoms with Crippen LogP contribution in [0.1, 0.15) is 56.5 Å². The zero-order valence-electron chi connectivity index (χ0n) is 14.9. The lowest BCUT2D eigenvalue weighted by Crippen LogP contribution is -3.05. The number of hydrogen-bond acceptors (Lipinski definition) is 2. The molecule has 2 aromatic carbocycles. The molecule has 3 heteroatoms. The van der Waals surface area contributed by atoms with Crippen molar-refractivity contribution >= 4 is 22.3 Å². The van der Waals surface area contributed by atoms with Gasteiger partial charge in [0.15, 0.2) is 0 Å². The molecule has 0 spiro atoms. The van der Waals surface area contributed by atoms with Crippen molar-refractivity contribution in [1.29, 1.82) is 0 Å². The molecule has 1 saturated heterocycles. The van der Waals surface area contributed by atoms with E-state index >= 15 is 0 Å². The largest absolute Gasteiger partial charge is 0.337 e. The second-order valence-corrected chi connectivity index (χ2v) is 8.70. The summed E-state index contributed by atoms with van der Waals surface area (Å²) >= 11 is 0. The molecular weight excluding hydrogens is 296 g/mol. The fraction of sp³-hybridized carbons (Fsp3) is 0.429. The average molecular weight is 321 g/mol. The predicted octanol–water partition coefficient (Wildman–Crippen LogP) is 3.11. The van der Waals surface area contributed by atoms with E-state index in [1.165, 1.54) is 0 Å². The first-order valence-corrected chi connectivity index (χ1v) is 8.77. The Balaban J connectivity index is 1.80. The molecule has 0 saturated carbocycles. The second-order valence-electron chi connectivity index (χ2n) is 8.70. The van der Waals surface area contributed by atoms with Crippen LogP contribution < -0.4 is 5.32 Å². The third kappa shape index (κ3) is 2.48. The summed E-state index contributed by atoms with van der Waals surface area (Å²) in [6.45, 7) is 9.08. The van der Waals surface area contributed by atoms with Crippen LogP contribution in [0.25, 0.3) is 10.8 Å². The molecular formula is C21H25N2O+. The van der Waals surface area contributed by atoms with Gasteiger partial charge in [-0.1, -0.05) is 36.4 Å². The van der Waals surface area contributed by atoms with Crippen LogP contribution in [0.3, 0.4) is 0 Å². The van der Waals surface area contributed by atoms with Crippen LogP contribution in [0.2, 0.25) is 0 Å². The minimum atomic E-state index is 0.0898. The first kappa shape index (κ1) is 15.5. The standard InChI is InChI=1S/C21H24N2O/c1-20(2)11-14(12-21(3,4)23-20)22-18-15-9-5-7-13-8-6-10-16(17(13)15)19(18)24/h5-10,14,23H,11-12H2,1-4H3/p+1. The number of nitrogens with two attached hydrogens (primary N) is 1. The van der Waals surface area contributed by atoms with Gasteiger partial charge in [-0.2, -0.15) is 0 Å². The van der Waals surface area contributed by atoms with E-state index in [9.17, 15) is 4.79 Å². The molecule has 4 rings (SSSR count). The SMILES string of the molecule is CC1(C)CC(N=C2C(=O)c3cccc4cccc2c34)CC(C)(C)[NH2+]1.